The first-order chi connectivity index (χ1) is 17.2. The summed E-state index contributed by atoms with van der Waals surface area (Å²) >= 11 is 0. The molecule has 1 heterocycles. The number of ether oxygens (including phenoxy) is 3. The Morgan fingerprint density at radius 1 is 1.17 bits per heavy atom. The number of fused-ring (bicyclic) bond motifs is 5. The normalized spacial score (nSPS) is 43.1. The summed E-state index contributed by atoms with van der Waals surface area (Å²) < 4.78 is 17.8. The van der Waals surface area contributed by atoms with Gasteiger partial charge in [0.25, 0.3) is 0 Å². The van der Waals surface area contributed by atoms with E-state index in [9.17, 15) is 9.90 Å². The fourth-order valence-corrected chi connectivity index (χ4v) is 9.32. The van der Waals surface area contributed by atoms with Gasteiger partial charge in [0.1, 0.15) is 11.5 Å². The van der Waals surface area contributed by atoms with Gasteiger partial charge in [-0.3, -0.25) is 4.79 Å². The highest BCUT2D eigenvalue weighted by Gasteiger charge is 2.66. The highest BCUT2D eigenvalue weighted by Crippen LogP contribution is 2.67. The van der Waals surface area contributed by atoms with Gasteiger partial charge in [-0.05, 0) is 73.7 Å². The van der Waals surface area contributed by atoms with E-state index in [-0.39, 0.29) is 23.2 Å². The Kier molecular flexibility index (Phi) is 5.94. The highest BCUT2D eigenvalue weighted by molar-refractivity contribution is 5.87. The maximum atomic E-state index is 13.3. The third-order valence-electron chi connectivity index (χ3n) is 11.0. The predicted octanol–water partition coefficient (Wildman–Crippen LogP) is 5.71. The topological polar surface area (TPSA) is 65.0 Å². The third kappa shape index (κ3) is 3.56. The van der Waals surface area contributed by atoms with E-state index >= 15 is 0 Å². The minimum absolute atomic E-state index is 0.157. The van der Waals surface area contributed by atoms with Crippen LogP contribution in [-0.2, 0) is 19.0 Å². The second-order valence-electron chi connectivity index (χ2n) is 12.6. The monoisotopic (exact) mass is 494 g/mol. The Morgan fingerprint density at radius 3 is 2.58 bits per heavy atom. The quantitative estimate of drug-likeness (QED) is 0.543. The summed E-state index contributed by atoms with van der Waals surface area (Å²) in [6.07, 6.45) is 5.88. The molecule has 4 saturated carbocycles. The summed E-state index contributed by atoms with van der Waals surface area (Å²) in [5.74, 6) is 2.35. The van der Waals surface area contributed by atoms with Crippen LogP contribution in [0.1, 0.15) is 82.8 Å². The van der Waals surface area contributed by atoms with Crippen molar-refractivity contribution in [3.05, 3.63) is 42.0 Å². The lowest BCUT2D eigenvalue weighted by molar-refractivity contribution is -0.271. The lowest BCUT2D eigenvalue weighted by Gasteiger charge is -2.63. The molecule has 1 aromatic carbocycles. The molecule has 1 aromatic rings. The molecule has 6 rings (SSSR count). The SMILES string of the molecule is C=C(OCC)c1ccc([C@H]2C[C@]3(C)C(=O)CC[C@H]3[C@@H]3C[C@@H](C)[C@@]4(O)CC5(CC[C@@H]4[C@H]32)OCCO5)cc1. The largest absolute Gasteiger partial charge is 0.494 e. The molecule has 4 aliphatic carbocycles. The van der Waals surface area contributed by atoms with Crippen LogP contribution in [0.25, 0.3) is 5.76 Å². The van der Waals surface area contributed by atoms with E-state index in [1.54, 1.807) is 0 Å². The molecule has 5 fully saturated rings. The summed E-state index contributed by atoms with van der Waals surface area (Å²) in [4.78, 5) is 13.3. The standard InChI is InChI=1S/C31H42O5/c1-5-34-20(3)21-6-8-22(9-7-21)24-17-29(4)25(10-11-27(29)32)23-16-19(2)31(33)18-30(35-14-15-36-30)13-12-26(31)28(23)24/h6-9,19,23-26,28,33H,3,5,10-18H2,1-2,4H3/t19-,23+,24-,25+,26-,28-,29+,31+/m1/s1. The van der Waals surface area contributed by atoms with Crippen LogP contribution in [0, 0.1) is 35.0 Å². The van der Waals surface area contributed by atoms with E-state index in [0.717, 1.165) is 37.7 Å². The summed E-state index contributed by atoms with van der Waals surface area (Å²) in [7, 11) is 0. The van der Waals surface area contributed by atoms with Crippen LogP contribution in [0.2, 0.25) is 0 Å². The first kappa shape index (κ1) is 24.6. The number of hydrogen-bond donors (Lipinski definition) is 1. The van der Waals surface area contributed by atoms with Gasteiger partial charge in [0.05, 0.1) is 25.4 Å². The fourth-order valence-electron chi connectivity index (χ4n) is 9.32. The van der Waals surface area contributed by atoms with Gasteiger partial charge in [0.15, 0.2) is 5.79 Å². The first-order valence-electron chi connectivity index (χ1n) is 14.2. The van der Waals surface area contributed by atoms with Crippen molar-refractivity contribution < 1.29 is 24.1 Å². The van der Waals surface area contributed by atoms with Gasteiger partial charge in [0, 0.05) is 30.2 Å². The molecule has 1 N–H and O–H groups in total. The predicted molar refractivity (Wildman–Crippen MR) is 138 cm³/mol. The molecular weight excluding hydrogens is 452 g/mol. The van der Waals surface area contributed by atoms with E-state index < -0.39 is 11.4 Å². The number of Topliss-reactive ketones (excluding diaryl/α,β-unsaturated/α-hetero) is 1. The molecule has 5 heteroatoms. The molecule has 0 amide bonds. The van der Waals surface area contributed by atoms with Crippen molar-refractivity contribution in [1.82, 2.24) is 0 Å². The smallest absolute Gasteiger partial charge is 0.171 e. The zero-order chi connectivity index (χ0) is 25.3. The number of carbonyl (C=O) groups is 1. The molecule has 8 atom stereocenters. The summed E-state index contributed by atoms with van der Waals surface area (Å²) in [5.41, 5.74) is 1.21. The third-order valence-corrected chi connectivity index (χ3v) is 11.0. The Hall–Kier alpha value is -1.69. The van der Waals surface area contributed by atoms with Gasteiger partial charge in [-0.2, -0.15) is 0 Å². The maximum Gasteiger partial charge on any atom is 0.171 e. The number of hydrogen-bond acceptors (Lipinski definition) is 5. The number of carbonyl (C=O) groups excluding carboxylic acids is 1. The molecule has 0 aromatic heterocycles. The minimum atomic E-state index is -0.804. The average molecular weight is 495 g/mol. The van der Waals surface area contributed by atoms with Gasteiger partial charge < -0.3 is 19.3 Å². The van der Waals surface area contributed by atoms with Crippen LogP contribution in [0.3, 0.4) is 0 Å². The van der Waals surface area contributed by atoms with Crippen LogP contribution in [0.15, 0.2) is 30.8 Å². The van der Waals surface area contributed by atoms with Crippen LogP contribution in [0.5, 0.6) is 0 Å². The van der Waals surface area contributed by atoms with Gasteiger partial charge in [-0.25, -0.2) is 0 Å². The zero-order valence-electron chi connectivity index (χ0n) is 22.1. The Bertz CT molecular complexity index is 1030. The lowest BCUT2D eigenvalue weighted by Crippen LogP contribution is -2.64. The average Bonchev–Trinajstić information content (AvgIpc) is 3.43. The fraction of sp³-hybridized carbons (Fsp3) is 0.710. The molecule has 1 saturated heterocycles. The minimum Gasteiger partial charge on any atom is -0.494 e. The molecule has 196 valence electrons. The van der Waals surface area contributed by atoms with Gasteiger partial charge in [0.2, 0.25) is 0 Å². The van der Waals surface area contributed by atoms with Crippen molar-refractivity contribution in [2.75, 3.05) is 19.8 Å². The highest BCUT2D eigenvalue weighted by atomic mass is 16.7. The van der Waals surface area contributed by atoms with Crippen LogP contribution in [0.4, 0.5) is 0 Å². The zero-order valence-corrected chi connectivity index (χ0v) is 22.1. The first-order valence-corrected chi connectivity index (χ1v) is 14.2. The Balaban J connectivity index is 1.39. The van der Waals surface area contributed by atoms with Crippen molar-refractivity contribution >= 4 is 11.5 Å². The van der Waals surface area contributed by atoms with Crippen molar-refractivity contribution in [2.45, 2.75) is 83.0 Å². The maximum absolute atomic E-state index is 13.3. The van der Waals surface area contributed by atoms with Gasteiger partial charge in [-0.1, -0.05) is 44.7 Å². The van der Waals surface area contributed by atoms with Gasteiger partial charge in [-0.15, -0.1) is 0 Å². The Morgan fingerprint density at radius 2 is 1.89 bits per heavy atom. The summed E-state index contributed by atoms with van der Waals surface area (Å²) in [6.45, 7) is 12.3. The molecule has 0 bridgehead atoms. The van der Waals surface area contributed by atoms with Crippen molar-refractivity contribution in [3.63, 3.8) is 0 Å². The number of aliphatic hydroxyl groups is 1. The van der Waals surface area contributed by atoms with E-state index in [4.69, 9.17) is 14.2 Å². The lowest BCUT2D eigenvalue weighted by atomic mass is 9.43. The molecule has 36 heavy (non-hydrogen) atoms. The van der Waals surface area contributed by atoms with Crippen LogP contribution >= 0.6 is 0 Å². The van der Waals surface area contributed by atoms with E-state index in [1.165, 1.54) is 5.56 Å². The molecule has 5 nitrogen and oxygen atoms in total. The number of benzene rings is 1. The van der Waals surface area contributed by atoms with E-state index in [0.29, 0.717) is 62.0 Å². The second kappa shape index (κ2) is 8.68. The summed E-state index contributed by atoms with van der Waals surface area (Å²) in [6, 6.07) is 8.66. The van der Waals surface area contributed by atoms with Gasteiger partial charge >= 0.3 is 0 Å². The van der Waals surface area contributed by atoms with Crippen molar-refractivity contribution in [2.24, 2.45) is 35.0 Å². The molecule has 1 aliphatic heterocycles. The Labute approximate surface area is 215 Å². The molecular formula is C31H42O5. The van der Waals surface area contributed by atoms with Crippen molar-refractivity contribution in [1.29, 1.82) is 0 Å². The molecule has 0 unspecified atom stereocenters. The van der Waals surface area contributed by atoms with E-state index in [1.807, 2.05) is 6.92 Å². The van der Waals surface area contributed by atoms with Crippen LogP contribution in [-0.4, -0.2) is 42.1 Å². The second-order valence-corrected chi connectivity index (χ2v) is 12.6. The molecule has 5 aliphatic rings. The van der Waals surface area contributed by atoms with Crippen molar-refractivity contribution in [3.8, 4) is 0 Å². The van der Waals surface area contributed by atoms with Crippen LogP contribution < -0.4 is 0 Å². The molecule has 1 spiro atoms. The number of rotatable bonds is 4. The summed E-state index contributed by atoms with van der Waals surface area (Å²) in [5, 5.41) is 12.4. The molecule has 0 radical (unpaired) electrons. The van der Waals surface area contributed by atoms with E-state index in [2.05, 4.69) is 44.7 Å². The number of ketones is 1.